The highest BCUT2D eigenvalue weighted by Gasteiger charge is 2.51. The minimum absolute atomic E-state index is 0.262. The molecule has 1 aliphatic rings. The van der Waals surface area contributed by atoms with Gasteiger partial charge in [0.05, 0.1) is 7.11 Å². The molecule has 124 valence electrons. The van der Waals surface area contributed by atoms with Gasteiger partial charge in [-0.05, 0) is 26.3 Å². The molecule has 2 rings (SSSR count). The van der Waals surface area contributed by atoms with Gasteiger partial charge in [-0.15, -0.1) is 0 Å². The van der Waals surface area contributed by atoms with Crippen molar-refractivity contribution in [3.05, 3.63) is 42.0 Å². The van der Waals surface area contributed by atoms with Gasteiger partial charge in [0.2, 0.25) is 0 Å². The Kier molecular flexibility index (Phi) is 4.78. The molecule has 1 heterocycles. The van der Waals surface area contributed by atoms with E-state index in [1.807, 2.05) is 63.3 Å². The fourth-order valence-corrected chi connectivity index (χ4v) is 2.42. The van der Waals surface area contributed by atoms with E-state index in [1.54, 1.807) is 0 Å². The first kappa shape index (κ1) is 17.1. The molecule has 0 N–H and O–H groups in total. The molecule has 23 heavy (non-hydrogen) atoms. The summed E-state index contributed by atoms with van der Waals surface area (Å²) < 4.78 is 10.2. The summed E-state index contributed by atoms with van der Waals surface area (Å²) in [7, 11) is 1.36. The molecule has 1 amide bonds. The van der Waals surface area contributed by atoms with E-state index in [0.29, 0.717) is 0 Å². The van der Waals surface area contributed by atoms with Gasteiger partial charge in [0.1, 0.15) is 11.0 Å². The molecule has 0 spiro atoms. The Morgan fingerprint density at radius 2 is 1.78 bits per heavy atom. The summed E-state index contributed by atoms with van der Waals surface area (Å²) in [6.45, 7) is 5.96. The van der Waals surface area contributed by atoms with Crippen LogP contribution in [-0.4, -0.2) is 42.8 Å². The molecule has 1 aromatic rings. The first-order valence-corrected chi connectivity index (χ1v) is 7.56. The van der Waals surface area contributed by atoms with E-state index < -0.39 is 17.1 Å². The number of amides is 1. The molecule has 0 aromatic heterocycles. The van der Waals surface area contributed by atoms with Crippen LogP contribution in [0.2, 0.25) is 0 Å². The largest absolute Gasteiger partial charge is 0.468 e. The molecule has 1 saturated heterocycles. The zero-order valence-electron chi connectivity index (χ0n) is 14.0. The molecule has 1 aliphatic heterocycles. The number of likely N-dealkylation sites (tertiary alicyclic amines) is 1. The second kappa shape index (κ2) is 6.44. The predicted molar refractivity (Wildman–Crippen MR) is 87.7 cm³/mol. The van der Waals surface area contributed by atoms with E-state index in [4.69, 9.17) is 9.47 Å². The fraction of sp³-hybridized carbons (Fsp3) is 0.444. The highest BCUT2D eigenvalue weighted by atomic mass is 16.6. The number of hydrogen-bond donors (Lipinski definition) is 0. The molecule has 5 heteroatoms. The third-order valence-corrected chi connectivity index (χ3v) is 3.58. The minimum atomic E-state index is -0.804. The fourth-order valence-electron chi connectivity index (χ4n) is 2.42. The molecule has 5 nitrogen and oxygen atoms in total. The van der Waals surface area contributed by atoms with Gasteiger partial charge in [0.25, 0.3) is 0 Å². The van der Waals surface area contributed by atoms with Crippen LogP contribution in [0.3, 0.4) is 0 Å². The van der Waals surface area contributed by atoms with Crippen LogP contribution in [0, 0.1) is 5.41 Å². The second-order valence-electron chi connectivity index (χ2n) is 6.73. The van der Waals surface area contributed by atoms with Crippen LogP contribution >= 0.6 is 0 Å². The maximum Gasteiger partial charge on any atom is 0.410 e. The Morgan fingerprint density at radius 1 is 1.17 bits per heavy atom. The number of esters is 1. The number of benzene rings is 1. The SMILES string of the molecule is COC(=O)C1(/C=C/c2ccccc2)CN(C(=O)OC(C)(C)C)C1. The van der Waals surface area contributed by atoms with Crippen LogP contribution in [0.5, 0.6) is 0 Å². The first-order valence-electron chi connectivity index (χ1n) is 7.56. The summed E-state index contributed by atoms with van der Waals surface area (Å²) >= 11 is 0. The van der Waals surface area contributed by atoms with Gasteiger partial charge in [-0.1, -0.05) is 42.5 Å². The lowest BCUT2D eigenvalue weighted by Crippen LogP contribution is -2.62. The van der Waals surface area contributed by atoms with Gasteiger partial charge in [0.15, 0.2) is 0 Å². The number of nitrogens with zero attached hydrogens (tertiary/aromatic N) is 1. The van der Waals surface area contributed by atoms with Crippen molar-refractivity contribution in [1.29, 1.82) is 0 Å². The summed E-state index contributed by atoms with van der Waals surface area (Å²) in [5, 5.41) is 0. The average Bonchev–Trinajstić information content (AvgIpc) is 2.44. The standard InChI is InChI=1S/C18H23NO4/c1-17(2,3)23-16(21)19-12-18(13-19,15(20)22-4)11-10-14-8-6-5-7-9-14/h5-11H,12-13H2,1-4H3/b11-10+. The monoisotopic (exact) mass is 317 g/mol. The second-order valence-corrected chi connectivity index (χ2v) is 6.73. The summed E-state index contributed by atoms with van der Waals surface area (Å²) in [4.78, 5) is 25.7. The van der Waals surface area contributed by atoms with E-state index in [-0.39, 0.29) is 19.1 Å². The maximum atomic E-state index is 12.1. The Morgan fingerprint density at radius 3 is 2.30 bits per heavy atom. The van der Waals surface area contributed by atoms with Gasteiger partial charge in [-0.2, -0.15) is 0 Å². The lowest BCUT2D eigenvalue weighted by Gasteiger charge is -2.46. The normalized spacial score (nSPS) is 16.8. The summed E-state index contributed by atoms with van der Waals surface area (Å²) in [6, 6.07) is 9.69. The lowest BCUT2D eigenvalue weighted by atomic mass is 9.79. The van der Waals surface area contributed by atoms with E-state index in [0.717, 1.165) is 5.56 Å². The quantitative estimate of drug-likeness (QED) is 0.804. The van der Waals surface area contributed by atoms with Crippen LogP contribution in [0.25, 0.3) is 6.08 Å². The molecule has 0 atom stereocenters. The summed E-state index contributed by atoms with van der Waals surface area (Å²) in [6.07, 6.45) is 3.28. The highest BCUT2D eigenvalue weighted by molar-refractivity contribution is 5.85. The van der Waals surface area contributed by atoms with Crippen molar-refractivity contribution in [3.63, 3.8) is 0 Å². The van der Waals surface area contributed by atoms with Crippen molar-refractivity contribution in [3.8, 4) is 0 Å². The van der Waals surface area contributed by atoms with Crippen LogP contribution in [0.15, 0.2) is 36.4 Å². The number of methoxy groups -OCH3 is 1. The van der Waals surface area contributed by atoms with E-state index >= 15 is 0 Å². The van der Waals surface area contributed by atoms with Gasteiger partial charge in [0, 0.05) is 13.1 Å². The Hall–Kier alpha value is -2.30. The van der Waals surface area contributed by atoms with E-state index in [2.05, 4.69) is 0 Å². The molecule has 1 fully saturated rings. The molecular weight excluding hydrogens is 294 g/mol. The smallest absolute Gasteiger partial charge is 0.410 e. The number of carbonyl (C=O) groups excluding carboxylic acids is 2. The number of carbonyl (C=O) groups is 2. The van der Waals surface area contributed by atoms with Crippen molar-refractivity contribution < 1.29 is 19.1 Å². The molecule has 0 bridgehead atoms. The van der Waals surface area contributed by atoms with Crippen molar-refractivity contribution in [2.24, 2.45) is 5.41 Å². The van der Waals surface area contributed by atoms with Crippen molar-refractivity contribution in [1.82, 2.24) is 4.90 Å². The van der Waals surface area contributed by atoms with E-state index in [9.17, 15) is 9.59 Å². The van der Waals surface area contributed by atoms with Crippen molar-refractivity contribution >= 4 is 18.1 Å². The molecule has 0 saturated carbocycles. The Balaban J connectivity index is 2.08. The Labute approximate surface area is 136 Å². The minimum Gasteiger partial charge on any atom is -0.468 e. The molecule has 0 aliphatic carbocycles. The van der Waals surface area contributed by atoms with Crippen molar-refractivity contribution in [2.45, 2.75) is 26.4 Å². The van der Waals surface area contributed by atoms with Crippen LogP contribution < -0.4 is 0 Å². The molecular formula is C18H23NO4. The van der Waals surface area contributed by atoms with Gasteiger partial charge in [-0.25, -0.2) is 4.79 Å². The van der Waals surface area contributed by atoms with Crippen LogP contribution in [-0.2, 0) is 14.3 Å². The topological polar surface area (TPSA) is 55.8 Å². The predicted octanol–water partition coefficient (Wildman–Crippen LogP) is 3.11. The summed E-state index contributed by atoms with van der Waals surface area (Å²) in [5.41, 5.74) is -0.367. The van der Waals surface area contributed by atoms with Crippen LogP contribution in [0.1, 0.15) is 26.3 Å². The van der Waals surface area contributed by atoms with Gasteiger partial charge >= 0.3 is 12.1 Å². The average molecular weight is 317 g/mol. The zero-order chi connectivity index (χ0) is 17.1. The third-order valence-electron chi connectivity index (χ3n) is 3.58. The molecule has 0 unspecified atom stereocenters. The van der Waals surface area contributed by atoms with Crippen molar-refractivity contribution in [2.75, 3.05) is 20.2 Å². The highest BCUT2D eigenvalue weighted by Crippen LogP contribution is 2.35. The summed E-state index contributed by atoms with van der Waals surface area (Å²) in [5.74, 6) is -0.343. The maximum absolute atomic E-state index is 12.1. The third kappa shape index (κ3) is 4.12. The molecule has 0 radical (unpaired) electrons. The number of hydrogen-bond acceptors (Lipinski definition) is 4. The number of rotatable bonds is 3. The van der Waals surface area contributed by atoms with Gasteiger partial charge < -0.3 is 14.4 Å². The lowest BCUT2D eigenvalue weighted by molar-refractivity contribution is -0.157. The number of ether oxygens (including phenoxy) is 2. The van der Waals surface area contributed by atoms with E-state index in [1.165, 1.54) is 12.0 Å². The van der Waals surface area contributed by atoms with Gasteiger partial charge in [-0.3, -0.25) is 4.79 Å². The van der Waals surface area contributed by atoms with Crippen LogP contribution in [0.4, 0.5) is 4.79 Å². The Bertz CT molecular complexity index is 595. The zero-order valence-corrected chi connectivity index (χ0v) is 14.0. The molecule has 1 aromatic carbocycles. The first-order chi connectivity index (χ1) is 10.8.